The van der Waals surface area contributed by atoms with Crippen LogP contribution < -0.4 is 16.4 Å². The first-order valence-corrected chi connectivity index (χ1v) is 9.33. The van der Waals surface area contributed by atoms with Crippen LogP contribution in [0.2, 0.25) is 0 Å². The summed E-state index contributed by atoms with van der Waals surface area (Å²) in [4.78, 5) is 71.0. The zero-order valence-electron chi connectivity index (χ0n) is 16.2. The molecule has 1 heterocycles. The number of aliphatic carboxylic acids is 3. The van der Waals surface area contributed by atoms with Crippen molar-refractivity contribution in [1.29, 1.82) is 0 Å². The van der Waals surface area contributed by atoms with E-state index in [0.29, 0.717) is 6.42 Å². The summed E-state index contributed by atoms with van der Waals surface area (Å²) in [6.45, 7) is -0.253. The van der Waals surface area contributed by atoms with Crippen LogP contribution >= 0.6 is 0 Å². The normalized spacial score (nSPS) is 17.6. The van der Waals surface area contributed by atoms with Gasteiger partial charge in [0.15, 0.2) is 0 Å². The van der Waals surface area contributed by atoms with Gasteiger partial charge in [-0.15, -0.1) is 0 Å². The minimum absolute atomic E-state index is 0.159. The number of rotatable bonds is 12. The molecule has 0 aliphatic carbocycles. The van der Waals surface area contributed by atoms with Gasteiger partial charge in [0.2, 0.25) is 17.7 Å². The van der Waals surface area contributed by atoms with E-state index in [-0.39, 0.29) is 25.8 Å². The molecule has 30 heavy (non-hydrogen) atoms. The van der Waals surface area contributed by atoms with Crippen molar-refractivity contribution in [2.45, 2.75) is 56.7 Å². The second-order valence-corrected chi connectivity index (χ2v) is 6.78. The molecule has 0 radical (unpaired) electrons. The van der Waals surface area contributed by atoms with Gasteiger partial charge in [-0.3, -0.25) is 24.0 Å². The number of hydrogen-bond acceptors (Lipinski definition) is 7. The lowest BCUT2D eigenvalue weighted by atomic mass is 10.1. The molecule has 1 saturated heterocycles. The van der Waals surface area contributed by atoms with Crippen LogP contribution in [0, 0.1) is 0 Å². The molecule has 0 aromatic rings. The average molecular weight is 430 g/mol. The minimum atomic E-state index is -1.44. The maximum Gasteiger partial charge on any atom is 0.326 e. The lowest BCUT2D eigenvalue weighted by Crippen LogP contribution is -2.55. The Kier molecular flexibility index (Phi) is 9.68. The van der Waals surface area contributed by atoms with Crippen molar-refractivity contribution >= 4 is 35.6 Å². The van der Waals surface area contributed by atoms with E-state index in [2.05, 4.69) is 10.6 Å². The van der Waals surface area contributed by atoms with Crippen LogP contribution in [0.5, 0.6) is 0 Å². The fourth-order valence-electron chi connectivity index (χ4n) is 3.07. The number of likely N-dealkylation sites (tertiary alicyclic amines) is 1. The van der Waals surface area contributed by atoms with Crippen molar-refractivity contribution < 1.29 is 44.1 Å². The first kappa shape index (κ1) is 24.8. The Morgan fingerprint density at radius 3 is 2.00 bits per heavy atom. The number of carboxylic acids is 3. The molecule has 13 heteroatoms. The molecule has 0 saturated carbocycles. The lowest BCUT2D eigenvalue weighted by Gasteiger charge is -2.29. The van der Waals surface area contributed by atoms with E-state index in [1.54, 1.807) is 0 Å². The molecule has 0 spiro atoms. The summed E-state index contributed by atoms with van der Waals surface area (Å²) in [7, 11) is 0. The van der Waals surface area contributed by atoms with E-state index < -0.39 is 73.1 Å². The van der Waals surface area contributed by atoms with Gasteiger partial charge < -0.3 is 36.6 Å². The van der Waals surface area contributed by atoms with Crippen LogP contribution in [0.1, 0.15) is 38.5 Å². The van der Waals surface area contributed by atoms with Gasteiger partial charge in [-0.05, 0) is 25.7 Å². The summed E-state index contributed by atoms with van der Waals surface area (Å²) in [5.74, 6) is -5.90. The van der Waals surface area contributed by atoms with E-state index in [9.17, 15) is 33.9 Å². The molecule has 3 amide bonds. The second kappa shape index (κ2) is 11.7. The summed E-state index contributed by atoms with van der Waals surface area (Å²) in [5, 5.41) is 31.3. The third-order valence-electron chi connectivity index (χ3n) is 4.57. The summed E-state index contributed by atoms with van der Waals surface area (Å²) < 4.78 is 0. The number of hydrogen-bond donors (Lipinski definition) is 6. The Hall–Kier alpha value is -3.22. The SMILES string of the molecule is NCC(=O)NC(CCC(=O)O)C(=O)N1CCCC1C(=O)NC(CCC(=O)O)C(=O)O. The third kappa shape index (κ3) is 7.66. The number of nitrogens with two attached hydrogens (primary N) is 1. The zero-order chi connectivity index (χ0) is 22.8. The molecule has 3 unspecified atom stereocenters. The molecule has 1 aliphatic rings. The minimum Gasteiger partial charge on any atom is -0.481 e. The highest BCUT2D eigenvalue weighted by atomic mass is 16.4. The summed E-state index contributed by atoms with van der Waals surface area (Å²) in [6, 6.07) is -3.66. The highest BCUT2D eigenvalue weighted by Gasteiger charge is 2.38. The number of nitrogens with one attached hydrogen (secondary N) is 2. The third-order valence-corrected chi connectivity index (χ3v) is 4.57. The monoisotopic (exact) mass is 430 g/mol. The second-order valence-electron chi connectivity index (χ2n) is 6.78. The van der Waals surface area contributed by atoms with Gasteiger partial charge in [0, 0.05) is 19.4 Å². The molecule has 1 fully saturated rings. The Balaban J connectivity index is 2.89. The number of carboxylic acid groups (broad SMARTS) is 3. The van der Waals surface area contributed by atoms with E-state index in [1.807, 2.05) is 0 Å². The predicted octanol–water partition coefficient (Wildman–Crippen LogP) is -2.28. The predicted molar refractivity (Wildman–Crippen MR) is 99.0 cm³/mol. The van der Waals surface area contributed by atoms with Gasteiger partial charge in [-0.25, -0.2) is 4.79 Å². The van der Waals surface area contributed by atoms with Crippen molar-refractivity contribution in [2.24, 2.45) is 5.73 Å². The Labute approximate surface area is 171 Å². The van der Waals surface area contributed by atoms with E-state index >= 15 is 0 Å². The standard InChI is InChI=1S/C17H26N4O9/c18-8-12(22)19-9(3-5-13(23)24)16(28)21-7-1-2-11(21)15(27)20-10(17(29)30)4-6-14(25)26/h9-11H,1-8,18H2,(H,19,22)(H,20,27)(H,23,24)(H,25,26)(H,29,30). The summed E-state index contributed by atoms with van der Waals surface area (Å²) >= 11 is 0. The van der Waals surface area contributed by atoms with Crippen LogP contribution in [-0.2, 0) is 28.8 Å². The number of carbonyl (C=O) groups is 6. The van der Waals surface area contributed by atoms with Crippen LogP contribution in [0.4, 0.5) is 0 Å². The Morgan fingerprint density at radius 1 is 0.933 bits per heavy atom. The Morgan fingerprint density at radius 2 is 1.50 bits per heavy atom. The molecule has 3 atom stereocenters. The average Bonchev–Trinajstić information content (AvgIpc) is 3.16. The highest BCUT2D eigenvalue weighted by molar-refractivity contribution is 5.94. The molecule has 0 aromatic carbocycles. The van der Waals surface area contributed by atoms with Crippen LogP contribution in [0.3, 0.4) is 0 Å². The maximum absolute atomic E-state index is 12.9. The lowest BCUT2D eigenvalue weighted by molar-refractivity contribution is -0.145. The zero-order valence-corrected chi connectivity index (χ0v) is 16.2. The Bertz CT molecular complexity index is 697. The maximum atomic E-state index is 12.9. The first-order valence-electron chi connectivity index (χ1n) is 9.33. The molecule has 13 nitrogen and oxygen atoms in total. The molecule has 0 aromatic heterocycles. The van der Waals surface area contributed by atoms with Gasteiger partial charge in [-0.2, -0.15) is 0 Å². The van der Waals surface area contributed by atoms with E-state index in [4.69, 9.17) is 15.9 Å². The number of carbonyl (C=O) groups excluding carboxylic acids is 3. The number of nitrogens with zero attached hydrogens (tertiary/aromatic N) is 1. The fraction of sp³-hybridized carbons (Fsp3) is 0.647. The molecular weight excluding hydrogens is 404 g/mol. The van der Waals surface area contributed by atoms with Crippen molar-refractivity contribution in [2.75, 3.05) is 13.1 Å². The van der Waals surface area contributed by atoms with Crippen LogP contribution in [0.25, 0.3) is 0 Å². The van der Waals surface area contributed by atoms with E-state index in [1.165, 1.54) is 0 Å². The van der Waals surface area contributed by atoms with Gasteiger partial charge in [0.25, 0.3) is 0 Å². The summed E-state index contributed by atoms with van der Waals surface area (Å²) in [5.41, 5.74) is 5.22. The molecular formula is C17H26N4O9. The van der Waals surface area contributed by atoms with Crippen molar-refractivity contribution in [3.63, 3.8) is 0 Å². The molecule has 7 N–H and O–H groups in total. The van der Waals surface area contributed by atoms with Gasteiger partial charge in [0.05, 0.1) is 6.54 Å². The largest absolute Gasteiger partial charge is 0.481 e. The molecule has 168 valence electrons. The quantitative estimate of drug-likeness (QED) is 0.195. The topological polar surface area (TPSA) is 216 Å². The van der Waals surface area contributed by atoms with Crippen molar-refractivity contribution in [3.05, 3.63) is 0 Å². The fourth-order valence-corrected chi connectivity index (χ4v) is 3.07. The van der Waals surface area contributed by atoms with Gasteiger partial charge in [0.1, 0.15) is 18.1 Å². The van der Waals surface area contributed by atoms with Crippen molar-refractivity contribution in [3.8, 4) is 0 Å². The van der Waals surface area contributed by atoms with Crippen molar-refractivity contribution in [1.82, 2.24) is 15.5 Å². The van der Waals surface area contributed by atoms with E-state index in [0.717, 1.165) is 4.90 Å². The smallest absolute Gasteiger partial charge is 0.326 e. The van der Waals surface area contributed by atoms with Gasteiger partial charge >= 0.3 is 17.9 Å². The van der Waals surface area contributed by atoms with Gasteiger partial charge in [-0.1, -0.05) is 0 Å². The molecule has 1 rings (SSSR count). The number of amides is 3. The summed E-state index contributed by atoms with van der Waals surface area (Å²) in [6.07, 6.45) is -0.729. The highest BCUT2D eigenvalue weighted by Crippen LogP contribution is 2.20. The molecule has 1 aliphatic heterocycles. The molecule has 0 bridgehead atoms. The first-order chi connectivity index (χ1) is 14.1. The van der Waals surface area contributed by atoms with Crippen LogP contribution in [-0.4, -0.2) is 87.1 Å². The van der Waals surface area contributed by atoms with Crippen LogP contribution in [0.15, 0.2) is 0 Å².